The van der Waals surface area contributed by atoms with Gasteiger partial charge in [0, 0.05) is 12.6 Å². The first kappa shape index (κ1) is 12.3. The van der Waals surface area contributed by atoms with Crippen molar-refractivity contribution < 1.29 is 4.39 Å². The summed E-state index contributed by atoms with van der Waals surface area (Å²) in [7, 11) is 0. The van der Waals surface area contributed by atoms with Crippen molar-refractivity contribution >= 4 is 10.9 Å². The van der Waals surface area contributed by atoms with Crippen LogP contribution in [-0.4, -0.2) is 22.6 Å². The molecule has 1 saturated heterocycles. The van der Waals surface area contributed by atoms with Gasteiger partial charge in [-0.15, -0.1) is 0 Å². The van der Waals surface area contributed by atoms with E-state index in [4.69, 9.17) is 0 Å². The summed E-state index contributed by atoms with van der Waals surface area (Å²) in [5.74, 6) is -0.367. The van der Waals surface area contributed by atoms with Gasteiger partial charge in [0.15, 0.2) is 0 Å². The smallest absolute Gasteiger partial charge is 0.261 e. The first-order chi connectivity index (χ1) is 9.25. The third-order valence-electron chi connectivity index (χ3n) is 3.66. The van der Waals surface area contributed by atoms with E-state index in [-0.39, 0.29) is 17.4 Å². The third kappa shape index (κ3) is 2.38. The molecule has 0 aliphatic carbocycles. The predicted molar refractivity (Wildman–Crippen MR) is 71.7 cm³/mol. The van der Waals surface area contributed by atoms with Gasteiger partial charge < -0.3 is 5.32 Å². The number of hydrogen-bond acceptors (Lipinski definition) is 3. The fourth-order valence-corrected chi connectivity index (χ4v) is 2.61. The normalized spacial score (nSPS) is 20.4. The minimum absolute atomic E-state index is 0.0845. The number of rotatable bonds is 1. The number of halogens is 1. The third-order valence-corrected chi connectivity index (χ3v) is 3.66. The first-order valence-corrected chi connectivity index (χ1v) is 6.63. The van der Waals surface area contributed by atoms with Crippen molar-refractivity contribution in [2.45, 2.75) is 25.3 Å². The van der Waals surface area contributed by atoms with Crippen LogP contribution in [0.25, 0.3) is 10.9 Å². The van der Waals surface area contributed by atoms with E-state index in [9.17, 15) is 9.18 Å². The second-order valence-corrected chi connectivity index (χ2v) is 4.97. The maximum absolute atomic E-state index is 13.1. The maximum Gasteiger partial charge on any atom is 0.261 e. The van der Waals surface area contributed by atoms with Crippen LogP contribution in [0.2, 0.25) is 0 Å². The van der Waals surface area contributed by atoms with Gasteiger partial charge in [0.05, 0.1) is 23.3 Å². The van der Waals surface area contributed by atoms with Gasteiger partial charge >= 0.3 is 0 Å². The summed E-state index contributed by atoms with van der Waals surface area (Å²) in [6.07, 6.45) is 4.76. The molecule has 1 aromatic heterocycles. The van der Waals surface area contributed by atoms with Crippen molar-refractivity contribution in [2.24, 2.45) is 0 Å². The van der Waals surface area contributed by atoms with Crippen LogP contribution in [0, 0.1) is 5.82 Å². The SMILES string of the molecule is O=c1c2ccc(F)cc2ncn1C1CCCCNC1. The fourth-order valence-electron chi connectivity index (χ4n) is 2.61. The number of hydrogen-bond donors (Lipinski definition) is 1. The quantitative estimate of drug-likeness (QED) is 0.852. The number of benzene rings is 1. The lowest BCUT2D eigenvalue weighted by molar-refractivity contribution is 0.447. The Bertz CT molecular complexity index is 645. The monoisotopic (exact) mass is 261 g/mol. The molecule has 1 aliphatic rings. The molecular weight excluding hydrogens is 245 g/mol. The molecule has 0 amide bonds. The van der Waals surface area contributed by atoms with Crippen LogP contribution in [0.4, 0.5) is 4.39 Å². The zero-order valence-corrected chi connectivity index (χ0v) is 10.6. The highest BCUT2D eigenvalue weighted by Gasteiger charge is 2.16. The van der Waals surface area contributed by atoms with Gasteiger partial charge in [-0.25, -0.2) is 9.37 Å². The van der Waals surface area contributed by atoms with Crippen molar-refractivity contribution in [1.82, 2.24) is 14.9 Å². The molecule has 5 heteroatoms. The van der Waals surface area contributed by atoms with Crippen LogP contribution in [0.3, 0.4) is 0 Å². The molecule has 4 nitrogen and oxygen atoms in total. The highest BCUT2D eigenvalue weighted by molar-refractivity contribution is 5.77. The van der Waals surface area contributed by atoms with Gasteiger partial charge in [-0.2, -0.15) is 0 Å². The van der Waals surface area contributed by atoms with Crippen LogP contribution in [0.5, 0.6) is 0 Å². The molecule has 1 unspecified atom stereocenters. The van der Waals surface area contributed by atoms with Crippen molar-refractivity contribution in [3.63, 3.8) is 0 Å². The number of aromatic nitrogens is 2. The lowest BCUT2D eigenvalue weighted by atomic mass is 10.1. The van der Waals surface area contributed by atoms with E-state index in [2.05, 4.69) is 10.3 Å². The van der Waals surface area contributed by atoms with Crippen LogP contribution < -0.4 is 10.9 Å². The van der Waals surface area contributed by atoms with E-state index in [1.807, 2.05) is 0 Å². The lowest BCUT2D eigenvalue weighted by Gasteiger charge is -2.17. The van der Waals surface area contributed by atoms with E-state index in [0.29, 0.717) is 10.9 Å². The van der Waals surface area contributed by atoms with Gasteiger partial charge in [-0.05, 0) is 31.5 Å². The predicted octanol–water partition coefficient (Wildman–Crippen LogP) is 1.85. The minimum Gasteiger partial charge on any atom is -0.315 e. The number of fused-ring (bicyclic) bond motifs is 1. The van der Waals surface area contributed by atoms with Crippen molar-refractivity contribution in [1.29, 1.82) is 0 Å². The standard InChI is InChI=1S/C14H16FN3O/c15-10-4-5-12-13(7-10)17-9-18(14(12)19)11-3-1-2-6-16-8-11/h4-5,7,9,11,16H,1-3,6,8H2. The van der Waals surface area contributed by atoms with E-state index in [1.165, 1.54) is 18.2 Å². The second kappa shape index (κ2) is 5.09. The Balaban J connectivity index is 2.07. The highest BCUT2D eigenvalue weighted by atomic mass is 19.1. The van der Waals surface area contributed by atoms with E-state index >= 15 is 0 Å². The Morgan fingerprint density at radius 2 is 2.26 bits per heavy atom. The molecule has 0 radical (unpaired) electrons. The summed E-state index contributed by atoms with van der Waals surface area (Å²) in [5.41, 5.74) is 0.335. The zero-order valence-electron chi connectivity index (χ0n) is 10.6. The van der Waals surface area contributed by atoms with E-state index in [0.717, 1.165) is 32.4 Å². The molecular formula is C14H16FN3O. The molecule has 1 N–H and O–H groups in total. The molecule has 1 fully saturated rings. The highest BCUT2D eigenvalue weighted by Crippen LogP contribution is 2.16. The van der Waals surface area contributed by atoms with Crippen molar-refractivity contribution in [3.05, 3.63) is 40.7 Å². The number of nitrogens with one attached hydrogen (secondary N) is 1. The van der Waals surface area contributed by atoms with Crippen LogP contribution in [0.1, 0.15) is 25.3 Å². The fraction of sp³-hybridized carbons (Fsp3) is 0.429. The Labute approximate surface area is 110 Å². The lowest BCUT2D eigenvalue weighted by Crippen LogP contribution is -2.31. The molecule has 0 bridgehead atoms. The summed E-state index contributed by atoms with van der Waals surface area (Å²) < 4.78 is 14.8. The second-order valence-electron chi connectivity index (χ2n) is 4.97. The summed E-state index contributed by atoms with van der Waals surface area (Å²) in [6, 6.07) is 4.26. The topological polar surface area (TPSA) is 46.9 Å². The molecule has 1 atom stereocenters. The Kier molecular flexibility index (Phi) is 3.29. The minimum atomic E-state index is -0.367. The van der Waals surface area contributed by atoms with Gasteiger partial charge in [-0.3, -0.25) is 9.36 Å². The molecule has 1 aliphatic heterocycles. The van der Waals surface area contributed by atoms with Crippen LogP contribution in [-0.2, 0) is 0 Å². The summed E-state index contributed by atoms with van der Waals surface area (Å²) in [4.78, 5) is 16.6. The largest absolute Gasteiger partial charge is 0.315 e. The average molecular weight is 261 g/mol. The van der Waals surface area contributed by atoms with E-state index < -0.39 is 0 Å². The van der Waals surface area contributed by atoms with Gasteiger partial charge in [0.1, 0.15) is 5.82 Å². The van der Waals surface area contributed by atoms with Crippen LogP contribution in [0.15, 0.2) is 29.3 Å². The van der Waals surface area contributed by atoms with Crippen LogP contribution >= 0.6 is 0 Å². The molecule has 0 spiro atoms. The molecule has 100 valence electrons. The first-order valence-electron chi connectivity index (χ1n) is 6.63. The zero-order chi connectivity index (χ0) is 13.2. The summed E-state index contributed by atoms with van der Waals surface area (Å²) in [6.45, 7) is 1.78. The Morgan fingerprint density at radius 3 is 3.16 bits per heavy atom. The summed E-state index contributed by atoms with van der Waals surface area (Å²) >= 11 is 0. The van der Waals surface area contributed by atoms with Gasteiger partial charge in [0.25, 0.3) is 5.56 Å². The van der Waals surface area contributed by atoms with Crippen molar-refractivity contribution in [3.8, 4) is 0 Å². The molecule has 2 heterocycles. The Morgan fingerprint density at radius 1 is 1.37 bits per heavy atom. The maximum atomic E-state index is 13.1. The molecule has 3 rings (SSSR count). The Hall–Kier alpha value is -1.75. The van der Waals surface area contributed by atoms with Gasteiger partial charge in [0.2, 0.25) is 0 Å². The average Bonchev–Trinajstić information content (AvgIpc) is 2.68. The van der Waals surface area contributed by atoms with E-state index in [1.54, 1.807) is 10.9 Å². The molecule has 19 heavy (non-hydrogen) atoms. The molecule has 1 aromatic carbocycles. The molecule has 2 aromatic rings. The van der Waals surface area contributed by atoms with Crippen molar-refractivity contribution in [2.75, 3.05) is 13.1 Å². The number of nitrogens with zero attached hydrogens (tertiary/aromatic N) is 2. The van der Waals surface area contributed by atoms with Gasteiger partial charge in [-0.1, -0.05) is 6.42 Å². The molecule has 0 saturated carbocycles. The summed E-state index contributed by atoms with van der Waals surface area (Å²) in [5, 5.41) is 3.81.